The van der Waals surface area contributed by atoms with Crippen molar-refractivity contribution in [3.8, 4) is 11.5 Å². The van der Waals surface area contributed by atoms with Crippen molar-refractivity contribution >= 4 is 45.7 Å². The molecule has 1 saturated heterocycles. The van der Waals surface area contributed by atoms with Gasteiger partial charge in [0.2, 0.25) is 5.13 Å². The molecule has 1 fully saturated rings. The molecule has 0 spiro atoms. The van der Waals surface area contributed by atoms with Gasteiger partial charge >= 0.3 is 5.91 Å². The van der Waals surface area contributed by atoms with Gasteiger partial charge in [0.25, 0.3) is 5.78 Å². The summed E-state index contributed by atoms with van der Waals surface area (Å²) >= 11 is 2.76. The van der Waals surface area contributed by atoms with Crippen LogP contribution in [0, 0.1) is 6.92 Å². The van der Waals surface area contributed by atoms with Crippen molar-refractivity contribution in [3.63, 3.8) is 0 Å². The predicted molar refractivity (Wildman–Crippen MR) is 173 cm³/mol. The number of anilines is 1. The number of aliphatic hydroxyl groups is 1. The van der Waals surface area contributed by atoms with Crippen LogP contribution in [-0.2, 0) is 21.8 Å². The fourth-order valence-corrected chi connectivity index (χ4v) is 7.19. The molecule has 2 atom stereocenters. The first-order chi connectivity index (χ1) is 21.3. The molecule has 2 aliphatic heterocycles. The van der Waals surface area contributed by atoms with Crippen LogP contribution in [0.25, 0.3) is 5.76 Å². The first-order valence-corrected chi connectivity index (χ1v) is 16.5. The molecule has 3 aromatic carbocycles. The minimum atomic E-state index is -0.920. The Morgan fingerprint density at radius 2 is 1.93 bits per heavy atom. The van der Waals surface area contributed by atoms with E-state index in [1.165, 1.54) is 33.6 Å². The number of unbranched alkanes of at least 4 members (excludes halogenated alkanes) is 1. The number of hydrogen-bond donors (Lipinski definition) is 1. The van der Waals surface area contributed by atoms with E-state index >= 15 is 0 Å². The lowest BCUT2D eigenvalue weighted by Gasteiger charge is -2.23. The summed E-state index contributed by atoms with van der Waals surface area (Å²) in [6, 6.07) is 20.0. The fraction of sp³-hybridized carbons (Fsp3) is 0.294. The monoisotopic (exact) mass is 627 g/mol. The van der Waals surface area contributed by atoms with Crippen LogP contribution in [0.3, 0.4) is 0 Å². The van der Waals surface area contributed by atoms with E-state index < -0.39 is 17.7 Å². The van der Waals surface area contributed by atoms with Gasteiger partial charge in [-0.15, -0.1) is 10.2 Å². The van der Waals surface area contributed by atoms with Gasteiger partial charge in [-0.05, 0) is 67.3 Å². The molecule has 0 radical (unpaired) electrons. The zero-order chi connectivity index (χ0) is 30.8. The minimum Gasteiger partial charge on any atom is -0.507 e. The number of amides is 1. The Bertz CT molecular complexity index is 1730. The number of carbonyl (C=O) groups is 2. The highest BCUT2D eigenvalue weighted by Crippen LogP contribution is 2.45. The van der Waals surface area contributed by atoms with Crippen molar-refractivity contribution in [1.29, 1.82) is 0 Å². The molecular weight excluding hydrogens is 595 g/mol. The van der Waals surface area contributed by atoms with Gasteiger partial charge in [-0.2, -0.15) is 0 Å². The third kappa shape index (κ3) is 6.09. The van der Waals surface area contributed by atoms with Crippen molar-refractivity contribution < 1.29 is 24.2 Å². The Balaban J connectivity index is 1.38. The zero-order valence-electron chi connectivity index (χ0n) is 24.8. The van der Waals surface area contributed by atoms with Gasteiger partial charge in [0.05, 0.1) is 18.2 Å². The number of aryl methyl sites for hydroxylation is 1. The van der Waals surface area contributed by atoms with Crippen LogP contribution in [0.4, 0.5) is 5.13 Å². The molecule has 0 bridgehead atoms. The number of aliphatic hydroxyl groups excluding tert-OH is 1. The molecular formula is C34H33N3O5S2. The Labute approximate surface area is 264 Å². The minimum absolute atomic E-state index is 0.00307. The molecule has 1 aromatic heterocycles. The van der Waals surface area contributed by atoms with Gasteiger partial charge < -0.3 is 14.6 Å². The maximum atomic E-state index is 13.7. The van der Waals surface area contributed by atoms with Crippen molar-refractivity contribution in [2.24, 2.45) is 0 Å². The molecule has 0 unspecified atom stereocenters. The maximum absolute atomic E-state index is 13.7. The highest BCUT2D eigenvalue weighted by atomic mass is 32.2. The Morgan fingerprint density at radius 1 is 1.11 bits per heavy atom. The quantitative estimate of drug-likeness (QED) is 0.0489. The first kappa shape index (κ1) is 29.9. The van der Waals surface area contributed by atoms with E-state index in [1.807, 2.05) is 44.2 Å². The number of ketones is 1. The smallest absolute Gasteiger partial charge is 0.301 e. The summed E-state index contributed by atoms with van der Waals surface area (Å²) in [5.74, 6) is 0.282. The van der Waals surface area contributed by atoms with Crippen molar-refractivity contribution in [2.75, 3.05) is 11.5 Å². The SMILES string of the molecule is CCCCOc1cccc([C@H]2/C(=C(\O)c3ccc4c(c3)C[C@@H](C)O4)C(=O)C(=O)N2c2nnc(SCc3ccc(C)cc3)s2)c1. The Morgan fingerprint density at radius 3 is 2.73 bits per heavy atom. The van der Waals surface area contributed by atoms with Crippen molar-refractivity contribution in [2.45, 2.75) is 62.3 Å². The second-order valence-electron chi connectivity index (χ2n) is 11.0. The third-order valence-electron chi connectivity index (χ3n) is 7.64. The number of ether oxygens (including phenoxy) is 2. The summed E-state index contributed by atoms with van der Waals surface area (Å²) in [4.78, 5) is 28.7. The summed E-state index contributed by atoms with van der Waals surface area (Å²) in [5, 5.41) is 20.6. The standard InChI is InChI=1S/C34H33N3O5S2/c1-4-5-15-41-26-8-6-7-23(18-26)29-28(30(38)24-13-14-27-25(17-24)16-21(3)42-27)31(39)32(40)37(29)33-35-36-34(44-33)43-19-22-11-9-20(2)10-12-22/h6-14,17-18,21,29,38H,4-5,15-16,19H2,1-3H3/b30-28+/t21-,29+/m1/s1. The van der Waals surface area contributed by atoms with Crippen LogP contribution in [0.15, 0.2) is 76.6 Å². The van der Waals surface area contributed by atoms with Gasteiger partial charge in [-0.3, -0.25) is 14.5 Å². The fourth-order valence-electron chi connectivity index (χ4n) is 5.37. The van der Waals surface area contributed by atoms with Gasteiger partial charge in [-0.25, -0.2) is 0 Å². The summed E-state index contributed by atoms with van der Waals surface area (Å²) in [5.41, 5.74) is 4.35. The average molecular weight is 628 g/mol. The lowest BCUT2D eigenvalue weighted by Crippen LogP contribution is -2.29. The van der Waals surface area contributed by atoms with E-state index in [0.29, 0.717) is 40.0 Å². The molecule has 0 aliphatic carbocycles. The van der Waals surface area contributed by atoms with E-state index in [4.69, 9.17) is 9.47 Å². The number of hydrogen-bond acceptors (Lipinski definition) is 9. The maximum Gasteiger partial charge on any atom is 0.301 e. The van der Waals surface area contributed by atoms with E-state index in [2.05, 4.69) is 41.4 Å². The lowest BCUT2D eigenvalue weighted by atomic mass is 9.94. The Hall–Kier alpha value is -4.15. The second-order valence-corrected chi connectivity index (χ2v) is 13.2. The molecule has 10 heteroatoms. The van der Waals surface area contributed by atoms with Crippen molar-refractivity contribution in [1.82, 2.24) is 10.2 Å². The largest absolute Gasteiger partial charge is 0.507 e. The summed E-state index contributed by atoms with van der Waals surface area (Å²) in [6.45, 7) is 6.67. The molecule has 4 aromatic rings. The summed E-state index contributed by atoms with van der Waals surface area (Å²) in [7, 11) is 0. The van der Waals surface area contributed by atoms with E-state index in [1.54, 1.807) is 12.1 Å². The number of nitrogens with zero attached hydrogens (tertiary/aromatic N) is 3. The lowest BCUT2D eigenvalue weighted by molar-refractivity contribution is -0.132. The number of Topliss-reactive ketones (excluding diaryl/α,β-unsaturated/α-hetero) is 1. The topological polar surface area (TPSA) is 102 Å². The molecule has 6 rings (SSSR count). The van der Waals surface area contributed by atoms with Crippen LogP contribution in [0.5, 0.6) is 11.5 Å². The van der Waals surface area contributed by atoms with Crippen LogP contribution in [0.2, 0.25) is 0 Å². The van der Waals surface area contributed by atoms with Crippen molar-refractivity contribution in [3.05, 3.63) is 100 Å². The molecule has 226 valence electrons. The average Bonchev–Trinajstić information content (AvgIpc) is 3.71. The third-order valence-corrected chi connectivity index (χ3v) is 9.77. The van der Waals surface area contributed by atoms with Gasteiger partial charge in [0.15, 0.2) is 4.34 Å². The van der Waals surface area contributed by atoms with E-state index in [9.17, 15) is 14.7 Å². The number of aromatic nitrogens is 2. The van der Waals surface area contributed by atoms with Crippen LogP contribution in [-0.4, -0.2) is 39.7 Å². The van der Waals surface area contributed by atoms with E-state index in [0.717, 1.165) is 29.7 Å². The second kappa shape index (κ2) is 12.8. The predicted octanol–water partition coefficient (Wildman–Crippen LogP) is 7.27. The number of thioether (sulfide) groups is 1. The van der Waals surface area contributed by atoms with Gasteiger partial charge in [-0.1, -0.05) is 78.4 Å². The molecule has 1 N–H and O–H groups in total. The van der Waals surface area contributed by atoms with Gasteiger partial charge in [0.1, 0.15) is 23.4 Å². The summed E-state index contributed by atoms with van der Waals surface area (Å²) in [6.07, 6.45) is 2.61. The normalized spacial score (nSPS) is 18.8. The first-order valence-electron chi connectivity index (χ1n) is 14.7. The van der Waals surface area contributed by atoms with Crippen LogP contribution < -0.4 is 14.4 Å². The molecule has 3 heterocycles. The number of benzene rings is 3. The summed E-state index contributed by atoms with van der Waals surface area (Å²) < 4.78 is 12.5. The van der Waals surface area contributed by atoms with Gasteiger partial charge in [0, 0.05) is 17.7 Å². The highest BCUT2D eigenvalue weighted by Gasteiger charge is 2.48. The molecule has 0 saturated carbocycles. The zero-order valence-corrected chi connectivity index (χ0v) is 26.4. The molecule has 44 heavy (non-hydrogen) atoms. The molecule has 1 amide bonds. The number of fused-ring (bicyclic) bond motifs is 1. The number of rotatable bonds is 10. The molecule has 8 nitrogen and oxygen atoms in total. The van der Waals surface area contributed by atoms with Crippen LogP contribution in [0.1, 0.15) is 60.5 Å². The van der Waals surface area contributed by atoms with Crippen LogP contribution >= 0.6 is 23.1 Å². The Kier molecular flexibility index (Phi) is 8.72. The number of carbonyl (C=O) groups excluding carboxylic acids is 2. The van der Waals surface area contributed by atoms with E-state index in [-0.39, 0.29) is 22.6 Å². The highest BCUT2D eigenvalue weighted by molar-refractivity contribution is 8.00. The molecule has 2 aliphatic rings.